The summed E-state index contributed by atoms with van der Waals surface area (Å²) in [6.45, 7) is 4.40. The SMILES string of the molecule is CCCC(O)C(=O)OC(=O)c1c(I)c(NC(C)=O)c(I)c(NC(C)=O)c1I. The Morgan fingerprint density at radius 2 is 1.41 bits per heavy atom. The molecule has 3 N–H and O–H groups in total. The van der Waals surface area contributed by atoms with Crippen molar-refractivity contribution in [1.82, 2.24) is 0 Å². The number of carbonyl (C=O) groups is 4. The molecule has 1 aromatic rings. The van der Waals surface area contributed by atoms with Crippen LogP contribution in [0.25, 0.3) is 0 Å². The van der Waals surface area contributed by atoms with Crippen LogP contribution in [-0.2, 0) is 19.1 Å². The van der Waals surface area contributed by atoms with Crippen LogP contribution in [0.15, 0.2) is 0 Å². The van der Waals surface area contributed by atoms with E-state index in [-0.39, 0.29) is 23.8 Å². The summed E-state index contributed by atoms with van der Waals surface area (Å²) in [4.78, 5) is 47.6. The van der Waals surface area contributed by atoms with E-state index in [4.69, 9.17) is 4.74 Å². The number of carbonyl (C=O) groups excluding carboxylic acids is 4. The van der Waals surface area contributed by atoms with Gasteiger partial charge in [0, 0.05) is 13.8 Å². The summed E-state index contributed by atoms with van der Waals surface area (Å²) in [6.07, 6.45) is -0.688. The third kappa shape index (κ3) is 6.49. The van der Waals surface area contributed by atoms with Crippen molar-refractivity contribution < 1.29 is 29.0 Å². The van der Waals surface area contributed by atoms with Crippen LogP contribution in [0.3, 0.4) is 0 Å². The highest BCUT2D eigenvalue weighted by atomic mass is 127. The van der Waals surface area contributed by atoms with Gasteiger partial charge in [0.15, 0.2) is 6.10 Å². The van der Waals surface area contributed by atoms with Crippen molar-refractivity contribution in [2.75, 3.05) is 10.6 Å². The molecule has 0 fully saturated rings. The third-order valence-electron chi connectivity index (χ3n) is 3.15. The molecule has 0 spiro atoms. The van der Waals surface area contributed by atoms with Gasteiger partial charge in [0.25, 0.3) is 0 Å². The van der Waals surface area contributed by atoms with E-state index in [0.717, 1.165) is 0 Å². The number of nitrogens with one attached hydrogen (secondary N) is 2. The van der Waals surface area contributed by atoms with Gasteiger partial charge in [0.05, 0.1) is 27.6 Å². The van der Waals surface area contributed by atoms with Gasteiger partial charge in [0.2, 0.25) is 11.8 Å². The second kappa shape index (κ2) is 10.8. The zero-order valence-corrected chi connectivity index (χ0v) is 21.1. The van der Waals surface area contributed by atoms with Crippen molar-refractivity contribution in [2.24, 2.45) is 0 Å². The Bertz CT molecular complexity index is 754. The minimum Gasteiger partial charge on any atom is -0.387 e. The lowest BCUT2D eigenvalue weighted by molar-refractivity contribution is -0.147. The van der Waals surface area contributed by atoms with E-state index < -0.39 is 18.0 Å². The first-order valence-corrected chi connectivity index (χ1v) is 10.9. The minimum atomic E-state index is -1.40. The molecule has 0 radical (unpaired) electrons. The monoisotopic (exact) mass is 714 g/mol. The molecule has 11 heteroatoms. The van der Waals surface area contributed by atoms with Gasteiger partial charge >= 0.3 is 11.9 Å². The standard InChI is InChI=1S/C16H17I3N2O6/c1-4-5-8(24)15(25)27-16(26)9-10(17)13(20-6(2)22)12(19)14(11(9)18)21-7(3)23/h8,24H,4-5H2,1-3H3,(H,20,22)(H,21,23). The second-order valence-corrected chi connectivity index (χ2v) is 8.68. The topological polar surface area (TPSA) is 122 Å². The molecule has 0 saturated carbocycles. The zero-order chi connectivity index (χ0) is 20.9. The van der Waals surface area contributed by atoms with Crippen molar-refractivity contribution in [1.29, 1.82) is 0 Å². The van der Waals surface area contributed by atoms with Gasteiger partial charge in [-0.25, -0.2) is 9.59 Å². The molecule has 8 nitrogen and oxygen atoms in total. The maximum atomic E-state index is 12.6. The Morgan fingerprint density at radius 1 is 0.963 bits per heavy atom. The fraction of sp³-hybridized carbons (Fsp3) is 0.375. The van der Waals surface area contributed by atoms with Gasteiger partial charge in [0.1, 0.15) is 0 Å². The number of rotatable bonds is 6. The molecule has 0 aliphatic carbocycles. The lowest BCUT2D eigenvalue weighted by Crippen LogP contribution is -2.27. The fourth-order valence-corrected chi connectivity index (χ4v) is 6.16. The van der Waals surface area contributed by atoms with E-state index >= 15 is 0 Å². The molecular formula is C16H17I3N2O6. The van der Waals surface area contributed by atoms with Crippen molar-refractivity contribution in [3.8, 4) is 0 Å². The molecular weight excluding hydrogens is 697 g/mol. The summed E-state index contributed by atoms with van der Waals surface area (Å²) < 4.78 is 6.05. The van der Waals surface area contributed by atoms with Gasteiger partial charge in [-0.2, -0.15) is 0 Å². The number of aliphatic hydroxyl groups is 1. The second-order valence-electron chi connectivity index (χ2n) is 5.44. The normalized spacial score (nSPS) is 11.5. The van der Waals surface area contributed by atoms with Crippen molar-refractivity contribution in [3.05, 3.63) is 16.3 Å². The van der Waals surface area contributed by atoms with Crippen LogP contribution in [0.4, 0.5) is 11.4 Å². The van der Waals surface area contributed by atoms with E-state index in [1.54, 1.807) is 6.92 Å². The van der Waals surface area contributed by atoms with Gasteiger partial charge in [-0.1, -0.05) is 13.3 Å². The number of anilines is 2. The highest BCUT2D eigenvalue weighted by Gasteiger charge is 2.29. The lowest BCUT2D eigenvalue weighted by atomic mass is 10.1. The molecule has 0 saturated heterocycles. The largest absolute Gasteiger partial charge is 0.387 e. The van der Waals surface area contributed by atoms with Crippen LogP contribution in [0, 0.1) is 10.7 Å². The molecule has 1 rings (SSSR count). The van der Waals surface area contributed by atoms with E-state index in [0.29, 0.717) is 28.5 Å². The van der Waals surface area contributed by atoms with Gasteiger partial charge in [-0.3, -0.25) is 9.59 Å². The summed E-state index contributed by atoms with van der Waals surface area (Å²) in [5, 5.41) is 14.9. The third-order valence-corrected chi connectivity index (χ3v) is 6.39. The van der Waals surface area contributed by atoms with Gasteiger partial charge in [-0.05, 0) is 74.2 Å². The number of hydrogen-bond donors (Lipinski definition) is 3. The molecule has 0 aromatic heterocycles. The maximum absolute atomic E-state index is 12.6. The molecule has 1 unspecified atom stereocenters. The molecule has 2 amide bonds. The van der Waals surface area contributed by atoms with Crippen molar-refractivity contribution >= 4 is 103 Å². The number of hydrogen-bond acceptors (Lipinski definition) is 6. The number of halogens is 3. The quantitative estimate of drug-likeness (QED) is 0.237. The first-order valence-electron chi connectivity index (χ1n) is 7.70. The van der Waals surface area contributed by atoms with E-state index in [2.05, 4.69) is 10.6 Å². The predicted molar refractivity (Wildman–Crippen MR) is 125 cm³/mol. The Balaban J connectivity index is 3.47. The highest BCUT2D eigenvalue weighted by Crippen LogP contribution is 2.39. The molecule has 1 atom stereocenters. The number of esters is 2. The number of aliphatic hydroxyl groups excluding tert-OH is 1. The first kappa shape index (κ1) is 24.5. The summed E-state index contributed by atoms with van der Waals surface area (Å²) in [7, 11) is 0. The van der Waals surface area contributed by atoms with Crippen LogP contribution in [-0.4, -0.2) is 35.0 Å². The zero-order valence-electron chi connectivity index (χ0n) is 14.6. The molecule has 27 heavy (non-hydrogen) atoms. The average molecular weight is 714 g/mol. The first-order chi connectivity index (χ1) is 12.5. The smallest absolute Gasteiger partial charge is 0.348 e. The fourth-order valence-electron chi connectivity index (χ4n) is 2.02. The molecule has 0 bridgehead atoms. The molecule has 0 aliphatic rings. The Labute approximate surface area is 197 Å². The van der Waals surface area contributed by atoms with Crippen molar-refractivity contribution in [3.63, 3.8) is 0 Å². The summed E-state index contributed by atoms with van der Waals surface area (Å²) in [5.41, 5.74) is 0.656. The van der Waals surface area contributed by atoms with Gasteiger partial charge in [-0.15, -0.1) is 0 Å². The van der Waals surface area contributed by atoms with Crippen LogP contribution >= 0.6 is 67.8 Å². The summed E-state index contributed by atoms with van der Waals surface area (Å²) >= 11 is 5.67. The van der Waals surface area contributed by atoms with E-state index in [1.807, 2.05) is 67.8 Å². The summed E-state index contributed by atoms with van der Waals surface area (Å²) in [6, 6.07) is 0. The molecule has 148 valence electrons. The number of ether oxygens (including phenoxy) is 1. The highest BCUT2D eigenvalue weighted by molar-refractivity contribution is 14.1. The van der Waals surface area contributed by atoms with E-state index in [1.165, 1.54) is 13.8 Å². The molecule has 0 aliphatic heterocycles. The molecule has 0 heterocycles. The number of amides is 2. The van der Waals surface area contributed by atoms with Crippen LogP contribution in [0.1, 0.15) is 44.0 Å². The lowest BCUT2D eigenvalue weighted by Gasteiger charge is -2.19. The van der Waals surface area contributed by atoms with Crippen LogP contribution < -0.4 is 10.6 Å². The summed E-state index contributed by atoms with van der Waals surface area (Å²) in [5.74, 6) is -2.75. The predicted octanol–water partition coefficient (Wildman–Crippen LogP) is 3.26. The number of benzene rings is 1. The average Bonchev–Trinajstić information content (AvgIpc) is 2.55. The van der Waals surface area contributed by atoms with E-state index in [9.17, 15) is 24.3 Å². The van der Waals surface area contributed by atoms with Crippen molar-refractivity contribution in [2.45, 2.75) is 39.7 Å². The Hall–Kier alpha value is -0.550. The Morgan fingerprint density at radius 3 is 1.78 bits per heavy atom. The molecule has 1 aromatic carbocycles. The van der Waals surface area contributed by atoms with Gasteiger partial charge < -0.3 is 20.5 Å². The van der Waals surface area contributed by atoms with Crippen LogP contribution in [0.5, 0.6) is 0 Å². The Kier molecular flexibility index (Phi) is 9.84. The maximum Gasteiger partial charge on any atom is 0.348 e. The van der Waals surface area contributed by atoms with Crippen LogP contribution in [0.2, 0.25) is 0 Å². The minimum absolute atomic E-state index is 0.0150.